The maximum absolute atomic E-state index is 12.7. The number of nitro benzene ring substituents is 1. The summed E-state index contributed by atoms with van der Waals surface area (Å²) in [7, 11) is 0. The highest BCUT2D eigenvalue weighted by Gasteiger charge is 2.13. The van der Waals surface area contributed by atoms with Crippen molar-refractivity contribution >= 4 is 68.5 Å². The van der Waals surface area contributed by atoms with Gasteiger partial charge in [0.2, 0.25) is 0 Å². The van der Waals surface area contributed by atoms with E-state index < -0.39 is 10.8 Å². The quantitative estimate of drug-likeness (QED) is 0.0921. The number of amides is 1. The van der Waals surface area contributed by atoms with Gasteiger partial charge in [0.15, 0.2) is 0 Å². The summed E-state index contributed by atoms with van der Waals surface area (Å²) in [5, 5.41) is 23.1. The van der Waals surface area contributed by atoms with Crippen molar-refractivity contribution in [1.82, 2.24) is 0 Å². The van der Waals surface area contributed by atoms with E-state index in [9.17, 15) is 20.2 Å². The molecule has 3 rings (SSSR count). The SMILES string of the molecule is CCOc1cccc(NC(=O)/C(C#N)=C\c2cc(I)c(OCc3ccc([N+](=O)[O-])cc3)c(I)c2)c1. The van der Waals surface area contributed by atoms with Gasteiger partial charge in [-0.1, -0.05) is 6.07 Å². The zero-order valence-electron chi connectivity index (χ0n) is 18.5. The molecule has 1 N–H and O–H groups in total. The van der Waals surface area contributed by atoms with Crippen LogP contribution >= 0.6 is 45.2 Å². The minimum absolute atomic E-state index is 0.0217. The Bertz CT molecular complexity index is 1290. The van der Waals surface area contributed by atoms with Gasteiger partial charge in [-0.25, -0.2) is 0 Å². The molecule has 0 saturated carbocycles. The van der Waals surface area contributed by atoms with E-state index in [0.29, 0.717) is 29.4 Å². The molecule has 8 nitrogen and oxygen atoms in total. The Labute approximate surface area is 229 Å². The molecular weight excluding hydrogens is 676 g/mol. The second-order valence-electron chi connectivity index (χ2n) is 7.11. The summed E-state index contributed by atoms with van der Waals surface area (Å²) in [6, 6.07) is 18.7. The molecule has 0 saturated heterocycles. The van der Waals surface area contributed by atoms with Crippen LogP contribution in [0.15, 0.2) is 66.2 Å². The first-order chi connectivity index (χ1) is 16.8. The fraction of sp³-hybridized carbons (Fsp3) is 0.120. The first-order valence-corrected chi connectivity index (χ1v) is 12.5. The number of hydrogen-bond acceptors (Lipinski definition) is 6. The van der Waals surface area contributed by atoms with Crippen LogP contribution in [0, 0.1) is 28.6 Å². The molecule has 0 aliphatic rings. The zero-order chi connectivity index (χ0) is 25.4. The number of ether oxygens (including phenoxy) is 2. The largest absolute Gasteiger partial charge is 0.494 e. The van der Waals surface area contributed by atoms with Gasteiger partial charge in [-0.15, -0.1) is 0 Å². The molecule has 3 aromatic carbocycles. The fourth-order valence-electron chi connectivity index (χ4n) is 3.01. The Balaban J connectivity index is 1.73. The van der Waals surface area contributed by atoms with Crippen LogP contribution in [0.25, 0.3) is 6.08 Å². The highest BCUT2D eigenvalue weighted by Crippen LogP contribution is 2.31. The Kier molecular flexibility index (Phi) is 9.44. The summed E-state index contributed by atoms with van der Waals surface area (Å²) >= 11 is 4.26. The lowest BCUT2D eigenvalue weighted by Gasteiger charge is -2.12. The molecule has 1 amide bonds. The van der Waals surface area contributed by atoms with Gasteiger partial charge in [0, 0.05) is 23.9 Å². The molecule has 178 valence electrons. The number of nitro groups is 1. The van der Waals surface area contributed by atoms with E-state index >= 15 is 0 Å². The van der Waals surface area contributed by atoms with Crippen LogP contribution in [-0.2, 0) is 11.4 Å². The lowest BCUT2D eigenvalue weighted by Crippen LogP contribution is -2.13. The maximum Gasteiger partial charge on any atom is 0.269 e. The van der Waals surface area contributed by atoms with Gasteiger partial charge in [-0.3, -0.25) is 14.9 Å². The molecule has 0 atom stereocenters. The van der Waals surface area contributed by atoms with Crippen LogP contribution in [0.2, 0.25) is 0 Å². The standard InChI is InChI=1S/C25H19I2N3O5/c1-2-34-21-5-3-4-19(13-21)29-25(31)18(14-28)10-17-11-22(26)24(23(27)12-17)35-15-16-6-8-20(9-7-16)30(32)33/h3-13H,2,15H2,1H3,(H,29,31)/b18-10-. The number of rotatable bonds is 9. The number of nitrogens with zero attached hydrogens (tertiary/aromatic N) is 2. The molecule has 10 heteroatoms. The van der Waals surface area contributed by atoms with Crippen LogP contribution in [0.3, 0.4) is 0 Å². The normalized spacial score (nSPS) is 10.9. The fourth-order valence-corrected chi connectivity index (χ4v) is 5.14. The van der Waals surface area contributed by atoms with Crippen LogP contribution in [-0.4, -0.2) is 17.4 Å². The number of carbonyl (C=O) groups is 1. The van der Waals surface area contributed by atoms with E-state index in [-0.39, 0.29) is 17.9 Å². The summed E-state index contributed by atoms with van der Waals surface area (Å²) in [6.45, 7) is 2.62. The van der Waals surface area contributed by atoms with E-state index in [4.69, 9.17) is 9.47 Å². The molecule has 0 aliphatic heterocycles. The molecule has 0 unspecified atom stereocenters. The van der Waals surface area contributed by atoms with E-state index in [2.05, 4.69) is 50.5 Å². The Morgan fingerprint density at radius 1 is 1.11 bits per heavy atom. The number of non-ortho nitro benzene ring substituents is 1. The first-order valence-electron chi connectivity index (χ1n) is 10.3. The first kappa shape index (κ1) is 26.4. The number of carbonyl (C=O) groups excluding carboxylic acids is 1. The summed E-state index contributed by atoms with van der Waals surface area (Å²) in [6.07, 6.45) is 1.52. The van der Waals surface area contributed by atoms with Gasteiger partial charge in [0.25, 0.3) is 11.6 Å². The molecule has 0 radical (unpaired) electrons. The van der Waals surface area contributed by atoms with E-state index in [1.807, 2.05) is 25.1 Å². The summed E-state index contributed by atoms with van der Waals surface area (Å²) in [4.78, 5) is 23.0. The average Bonchev–Trinajstić information content (AvgIpc) is 2.82. The summed E-state index contributed by atoms with van der Waals surface area (Å²) in [5.74, 6) is 0.753. The van der Waals surface area contributed by atoms with Crippen molar-refractivity contribution < 1.29 is 19.2 Å². The summed E-state index contributed by atoms with van der Waals surface area (Å²) in [5.41, 5.74) is 1.98. The molecule has 0 aromatic heterocycles. The molecule has 0 heterocycles. The van der Waals surface area contributed by atoms with Crippen molar-refractivity contribution in [1.29, 1.82) is 5.26 Å². The second-order valence-corrected chi connectivity index (χ2v) is 9.44. The van der Waals surface area contributed by atoms with Crippen LogP contribution in [0.4, 0.5) is 11.4 Å². The van der Waals surface area contributed by atoms with Crippen molar-refractivity contribution in [3.63, 3.8) is 0 Å². The third-order valence-corrected chi connectivity index (χ3v) is 6.23. The predicted molar refractivity (Wildman–Crippen MR) is 149 cm³/mol. The molecule has 0 spiro atoms. The highest BCUT2D eigenvalue weighted by atomic mass is 127. The van der Waals surface area contributed by atoms with Crippen LogP contribution in [0.5, 0.6) is 11.5 Å². The van der Waals surface area contributed by atoms with Gasteiger partial charge in [-0.2, -0.15) is 5.26 Å². The number of hydrogen-bond donors (Lipinski definition) is 1. The third kappa shape index (κ3) is 7.40. The zero-order valence-corrected chi connectivity index (χ0v) is 22.8. The average molecular weight is 695 g/mol. The number of anilines is 1. The predicted octanol–water partition coefficient (Wildman–Crippen LogP) is 6.33. The number of nitrogens with one attached hydrogen (secondary N) is 1. The van der Waals surface area contributed by atoms with Crippen molar-refractivity contribution in [2.45, 2.75) is 13.5 Å². The Hall–Kier alpha value is -3.18. The topological polar surface area (TPSA) is 114 Å². The van der Waals surface area contributed by atoms with E-state index in [1.54, 1.807) is 36.4 Å². The van der Waals surface area contributed by atoms with Gasteiger partial charge in [0.05, 0.1) is 18.7 Å². The maximum atomic E-state index is 12.7. The summed E-state index contributed by atoms with van der Waals surface area (Å²) < 4.78 is 13.0. The van der Waals surface area contributed by atoms with Crippen molar-refractivity contribution in [2.24, 2.45) is 0 Å². The lowest BCUT2D eigenvalue weighted by molar-refractivity contribution is -0.384. The molecule has 0 bridgehead atoms. The van der Waals surface area contributed by atoms with Crippen molar-refractivity contribution in [3.8, 4) is 17.6 Å². The molecule has 0 aliphatic carbocycles. The highest BCUT2D eigenvalue weighted by molar-refractivity contribution is 14.1. The molecule has 0 fully saturated rings. The molecular formula is C25H19I2N3O5. The molecule has 3 aromatic rings. The number of nitriles is 1. The van der Waals surface area contributed by atoms with E-state index in [1.165, 1.54) is 18.2 Å². The van der Waals surface area contributed by atoms with Crippen molar-refractivity contribution in [3.05, 3.63) is 94.6 Å². The van der Waals surface area contributed by atoms with E-state index in [0.717, 1.165) is 12.7 Å². The van der Waals surface area contributed by atoms with Gasteiger partial charge in [-0.05, 0) is 106 Å². The van der Waals surface area contributed by atoms with Gasteiger partial charge < -0.3 is 14.8 Å². The third-order valence-electron chi connectivity index (χ3n) is 4.63. The van der Waals surface area contributed by atoms with Gasteiger partial charge >= 0.3 is 0 Å². The number of benzene rings is 3. The van der Waals surface area contributed by atoms with Crippen LogP contribution in [0.1, 0.15) is 18.1 Å². The van der Waals surface area contributed by atoms with Crippen molar-refractivity contribution in [2.75, 3.05) is 11.9 Å². The minimum Gasteiger partial charge on any atom is -0.494 e. The second kappa shape index (κ2) is 12.5. The molecule has 35 heavy (non-hydrogen) atoms. The monoisotopic (exact) mass is 695 g/mol. The van der Waals surface area contributed by atoms with Crippen LogP contribution < -0.4 is 14.8 Å². The lowest BCUT2D eigenvalue weighted by atomic mass is 10.1. The Morgan fingerprint density at radius 3 is 2.40 bits per heavy atom. The van der Waals surface area contributed by atoms with Gasteiger partial charge in [0.1, 0.15) is 29.7 Å². The minimum atomic E-state index is -0.523. The smallest absolute Gasteiger partial charge is 0.269 e. The number of halogens is 2. The Morgan fingerprint density at radius 2 is 1.80 bits per heavy atom.